The van der Waals surface area contributed by atoms with Crippen molar-refractivity contribution >= 4 is 24.0 Å². The second-order valence-electron chi connectivity index (χ2n) is 3.85. The van der Waals surface area contributed by atoms with Crippen molar-refractivity contribution in [3.05, 3.63) is 23.5 Å². The van der Waals surface area contributed by atoms with Gasteiger partial charge in [-0.05, 0) is 12.1 Å². The van der Waals surface area contributed by atoms with Crippen LogP contribution in [0.2, 0.25) is 0 Å². The molecule has 0 amide bonds. The van der Waals surface area contributed by atoms with Crippen molar-refractivity contribution < 1.29 is 28.7 Å². The van der Waals surface area contributed by atoms with Crippen LogP contribution in [0, 0.1) is 11.3 Å². The zero-order valence-electron chi connectivity index (χ0n) is 11.4. The lowest BCUT2D eigenvalue weighted by atomic mass is 10.1. The normalized spacial score (nSPS) is 11.1. The van der Waals surface area contributed by atoms with E-state index in [0.29, 0.717) is 6.29 Å². The SMILES string of the molecule is COC(=O)C(=O)C(CC=O)n1c(C#N)ccc1C(=O)OC. The zero-order chi connectivity index (χ0) is 16.0. The average Bonchev–Trinajstić information content (AvgIpc) is 2.93. The molecule has 0 aliphatic rings. The fraction of sp³-hybridized carbons (Fsp3) is 0.308. The van der Waals surface area contributed by atoms with Crippen LogP contribution in [0.5, 0.6) is 0 Å². The van der Waals surface area contributed by atoms with Gasteiger partial charge >= 0.3 is 11.9 Å². The molecule has 0 saturated carbocycles. The van der Waals surface area contributed by atoms with Crippen molar-refractivity contribution in [2.75, 3.05) is 14.2 Å². The average molecular weight is 292 g/mol. The predicted molar refractivity (Wildman–Crippen MR) is 67.2 cm³/mol. The summed E-state index contributed by atoms with van der Waals surface area (Å²) in [6.07, 6.45) is 0.0228. The lowest BCUT2D eigenvalue weighted by Gasteiger charge is -2.17. The van der Waals surface area contributed by atoms with Crippen molar-refractivity contribution in [3.63, 3.8) is 0 Å². The molecule has 1 aromatic rings. The van der Waals surface area contributed by atoms with E-state index >= 15 is 0 Å². The number of hydrogen-bond acceptors (Lipinski definition) is 7. The molecule has 21 heavy (non-hydrogen) atoms. The van der Waals surface area contributed by atoms with Crippen LogP contribution in [0.1, 0.15) is 28.6 Å². The number of Topliss-reactive ketones (excluding diaryl/α,β-unsaturated/α-hetero) is 1. The molecule has 0 saturated heterocycles. The van der Waals surface area contributed by atoms with Gasteiger partial charge in [0, 0.05) is 6.42 Å². The standard InChI is InChI=1S/C13H12N2O6/c1-20-12(18)10-4-3-8(7-14)15(10)9(5-6-16)11(17)13(19)21-2/h3-4,6,9H,5H2,1-2H3. The van der Waals surface area contributed by atoms with Crippen LogP contribution in [0.3, 0.4) is 0 Å². The Labute approximate surface area is 119 Å². The summed E-state index contributed by atoms with van der Waals surface area (Å²) in [6.45, 7) is 0. The maximum absolute atomic E-state index is 12.0. The fourth-order valence-corrected chi connectivity index (χ4v) is 1.80. The Kier molecular flexibility index (Phi) is 5.37. The lowest BCUT2D eigenvalue weighted by Crippen LogP contribution is -2.30. The van der Waals surface area contributed by atoms with Gasteiger partial charge in [-0.1, -0.05) is 0 Å². The molecule has 110 valence electrons. The third kappa shape index (κ3) is 3.14. The highest BCUT2D eigenvalue weighted by atomic mass is 16.5. The quantitative estimate of drug-likeness (QED) is 0.412. The summed E-state index contributed by atoms with van der Waals surface area (Å²) in [7, 11) is 2.14. The molecular formula is C13H12N2O6. The van der Waals surface area contributed by atoms with Crippen LogP contribution in [0.4, 0.5) is 0 Å². The van der Waals surface area contributed by atoms with Gasteiger partial charge in [-0.2, -0.15) is 5.26 Å². The topological polar surface area (TPSA) is 115 Å². The van der Waals surface area contributed by atoms with Gasteiger partial charge in [0.25, 0.3) is 5.78 Å². The van der Waals surface area contributed by atoms with Crippen molar-refractivity contribution in [2.24, 2.45) is 0 Å². The van der Waals surface area contributed by atoms with E-state index in [1.165, 1.54) is 12.1 Å². The minimum Gasteiger partial charge on any atom is -0.464 e. The summed E-state index contributed by atoms with van der Waals surface area (Å²) in [5.74, 6) is -3.01. The van der Waals surface area contributed by atoms with Crippen LogP contribution in [0.15, 0.2) is 12.1 Å². The Bertz CT molecular complexity index is 625. The first-order chi connectivity index (χ1) is 10.0. The van der Waals surface area contributed by atoms with E-state index in [0.717, 1.165) is 18.8 Å². The van der Waals surface area contributed by atoms with Crippen molar-refractivity contribution in [1.82, 2.24) is 4.57 Å². The van der Waals surface area contributed by atoms with E-state index in [1.807, 2.05) is 0 Å². The Morgan fingerprint density at radius 2 is 2.00 bits per heavy atom. The van der Waals surface area contributed by atoms with E-state index in [-0.39, 0.29) is 17.8 Å². The first-order valence-corrected chi connectivity index (χ1v) is 5.77. The number of ether oxygens (including phenoxy) is 2. The largest absolute Gasteiger partial charge is 0.464 e. The molecule has 0 fully saturated rings. The maximum Gasteiger partial charge on any atom is 0.376 e. The number of nitriles is 1. The molecule has 8 nitrogen and oxygen atoms in total. The van der Waals surface area contributed by atoms with Gasteiger partial charge in [-0.25, -0.2) is 9.59 Å². The lowest BCUT2D eigenvalue weighted by molar-refractivity contribution is -0.153. The number of carbonyl (C=O) groups is 4. The van der Waals surface area contributed by atoms with Crippen molar-refractivity contribution in [1.29, 1.82) is 5.26 Å². The third-order valence-electron chi connectivity index (χ3n) is 2.75. The number of methoxy groups -OCH3 is 2. The van der Waals surface area contributed by atoms with Crippen LogP contribution in [-0.4, -0.2) is 42.8 Å². The van der Waals surface area contributed by atoms with E-state index in [4.69, 9.17) is 5.26 Å². The van der Waals surface area contributed by atoms with Crippen molar-refractivity contribution in [3.8, 4) is 6.07 Å². The highest BCUT2D eigenvalue weighted by molar-refractivity contribution is 6.35. The molecule has 8 heteroatoms. The first kappa shape index (κ1) is 16.1. The second-order valence-corrected chi connectivity index (χ2v) is 3.85. The van der Waals surface area contributed by atoms with E-state index in [9.17, 15) is 19.2 Å². The van der Waals surface area contributed by atoms with Gasteiger partial charge in [0.2, 0.25) is 0 Å². The number of rotatable bonds is 6. The molecular weight excluding hydrogens is 280 g/mol. The molecule has 0 aliphatic heterocycles. The Hall–Kier alpha value is -2.95. The van der Waals surface area contributed by atoms with Crippen LogP contribution in [-0.2, 0) is 23.9 Å². The van der Waals surface area contributed by atoms with Gasteiger partial charge in [0.15, 0.2) is 0 Å². The van der Waals surface area contributed by atoms with Crippen molar-refractivity contribution in [2.45, 2.75) is 12.5 Å². The summed E-state index contributed by atoms with van der Waals surface area (Å²) < 4.78 is 9.86. The van der Waals surface area contributed by atoms with Gasteiger partial charge in [0.05, 0.1) is 14.2 Å². The minimum atomic E-state index is -1.34. The summed E-state index contributed by atoms with van der Waals surface area (Å²) in [6, 6.07) is 3.00. The van der Waals surface area contributed by atoms with Gasteiger partial charge in [-0.3, -0.25) is 4.79 Å². The van der Waals surface area contributed by atoms with Gasteiger partial charge < -0.3 is 18.8 Å². The molecule has 1 unspecified atom stereocenters. The highest BCUT2D eigenvalue weighted by Gasteiger charge is 2.32. The first-order valence-electron chi connectivity index (χ1n) is 5.77. The minimum absolute atomic E-state index is 0.0560. The van der Waals surface area contributed by atoms with Gasteiger partial charge in [0.1, 0.15) is 29.8 Å². The number of aromatic nitrogens is 1. The Balaban J connectivity index is 3.43. The number of aldehydes is 1. The maximum atomic E-state index is 12.0. The predicted octanol–water partition coefficient (Wildman–Crippen LogP) is 0.0186. The van der Waals surface area contributed by atoms with E-state index in [1.54, 1.807) is 6.07 Å². The number of carbonyl (C=O) groups excluding carboxylic acids is 4. The molecule has 1 rings (SSSR count). The van der Waals surface area contributed by atoms with Crippen LogP contribution >= 0.6 is 0 Å². The third-order valence-corrected chi connectivity index (χ3v) is 2.75. The monoisotopic (exact) mass is 292 g/mol. The van der Waals surface area contributed by atoms with E-state index < -0.39 is 23.8 Å². The van der Waals surface area contributed by atoms with Crippen LogP contribution in [0.25, 0.3) is 0 Å². The zero-order valence-corrected chi connectivity index (χ0v) is 11.4. The number of hydrogen-bond donors (Lipinski definition) is 0. The van der Waals surface area contributed by atoms with Crippen LogP contribution < -0.4 is 0 Å². The van der Waals surface area contributed by atoms with E-state index in [2.05, 4.69) is 9.47 Å². The smallest absolute Gasteiger partial charge is 0.376 e. The number of esters is 2. The Morgan fingerprint density at radius 3 is 2.48 bits per heavy atom. The molecule has 0 radical (unpaired) electrons. The summed E-state index contributed by atoms with van der Waals surface area (Å²) in [5, 5.41) is 9.04. The fourth-order valence-electron chi connectivity index (χ4n) is 1.80. The molecule has 0 bridgehead atoms. The molecule has 0 aromatic carbocycles. The second kappa shape index (κ2) is 7.00. The molecule has 0 aliphatic carbocycles. The summed E-state index contributed by atoms with van der Waals surface area (Å²) in [4.78, 5) is 45.8. The molecule has 0 N–H and O–H groups in total. The number of nitrogens with zero attached hydrogens (tertiary/aromatic N) is 2. The molecule has 1 aromatic heterocycles. The summed E-state index contributed by atoms with van der Waals surface area (Å²) in [5.41, 5.74) is -0.169. The Morgan fingerprint density at radius 1 is 1.33 bits per heavy atom. The number of ketones is 1. The highest BCUT2D eigenvalue weighted by Crippen LogP contribution is 2.21. The molecule has 1 heterocycles. The molecule has 1 atom stereocenters. The molecule has 0 spiro atoms. The summed E-state index contributed by atoms with van der Waals surface area (Å²) >= 11 is 0. The van der Waals surface area contributed by atoms with Gasteiger partial charge in [-0.15, -0.1) is 0 Å².